The molecule has 2 aliphatic carbocycles. The number of hydrogen-bond acceptors (Lipinski definition) is 0. The Morgan fingerprint density at radius 2 is 1.53 bits per heavy atom. The maximum Gasteiger partial charge on any atom is 0.138 e. The highest BCUT2D eigenvalue weighted by molar-refractivity contribution is 6.57. The third kappa shape index (κ3) is 1.88. The molecule has 0 heterocycles. The van der Waals surface area contributed by atoms with Gasteiger partial charge >= 0.3 is 0 Å². The average molecular weight is 448 g/mol. The third-order valence-electron chi connectivity index (χ3n) is 4.62. The van der Waals surface area contributed by atoms with Crippen molar-refractivity contribution < 1.29 is 0 Å². The molecular formula is C10H9Cl9. The fraction of sp³-hybridized carbons (Fsp3) is 1.00. The van der Waals surface area contributed by atoms with Crippen molar-refractivity contribution in [2.75, 3.05) is 11.8 Å². The monoisotopic (exact) mass is 444 g/mol. The predicted octanol–water partition coefficient (Wildman–Crippen LogP) is 6.23. The summed E-state index contributed by atoms with van der Waals surface area (Å²) in [4.78, 5) is -0.895. The summed E-state index contributed by atoms with van der Waals surface area (Å²) in [6, 6.07) is 0. The molecule has 3 unspecified atom stereocenters. The van der Waals surface area contributed by atoms with Gasteiger partial charge in [0.05, 0.1) is 5.38 Å². The molecule has 0 N–H and O–H groups in total. The van der Waals surface area contributed by atoms with Crippen molar-refractivity contribution in [2.45, 2.75) is 25.3 Å². The molecule has 0 spiro atoms. The lowest BCUT2D eigenvalue weighted by Crippen LogP contribution is -2.56. The van der Waals surface area contributed by atoms with Crippen LogP contribution in [0.1, 0.15) is 6.42 Å². The molecule has 19 heavy (non-hydrogen) atoms. The molecule has 0 aliphatic heterocycles. The first-order chi connectivity index (χ1) is 8.56. The van der Waals surface area contributed by atoms with Crippen LogP contribution in [0.25, 0.3) is 0 Å². The minimum Gasteiger partial charge on any atom is -0.126 e. The molecule has 0 saturated heterocycles. The number of fused-ring (bicyclic) bond motifs is 2. The first-order valence-corrected chi connectivity index (χ1v) is 9.25. The Morgan fingerprint density at radius 1 is 1.00 bits per heavy atom. The van der Waals surface area contributed by atoms with Crippen LogP contribution in [0.4, 0.5) is 0 Å². The summed E-state index contributed by atoms with van der Waals surface area (Å²) in [5.74, 6) is -0.376. The van der Waals surface area contributed by atoms with Crippen LogP contribution in [0.5, 0.6) is 0 Å². The smallest absolute Gasteiger partial charge is 0.126 e. The van der Waals surface area contributed by atoms with Gasteiger partial charge in [-0.2, -0.15) is 0 Å². The minimum absolute atomic E-state index is 0.00845. The second-order valence-corrected chi connectivity index (χ2v) is 10.1. The summed E-state index contributed by atoms with van der Waals surface area (Å²) >= 11 is 56.9. The van der Waals surface area contributed by atoms with Gasteiger partial charge in [0.15, 0.2) is 0 Å². The van der Waals surface area contributed by atoms with Crippen LogP contribution in [0.15, 0.2) is 0 Å². The van der Waals surface area contributed by atoms with E-state index in [1.807, 2.05) is 0 Å². The lowest BCUT2D eigenvalue weighted by molar-refractivity contribution is 0.149. The van der Waals surface area contributed by atoms with Crippen LogP contribution >= 0.6 is 104 Å². The fourth-order valence-electron chi connectivity index (χ4n) is 3.59. The van der Waals surface area contributed by atoms with Crippen molar-refractivity contribution >= 4 is 104 Å². The van der Waals surface area contributed by atoms with E-state index in [4.69, 9.17) is 104 Å². The van der Waals surface area contributed by atoms with Gasteiger partial charge in [-0.15, -0.1) is 81.2 Å². The molecule has 0 aromatic rings. The first-order valence-electron chi connectivity index (χ1n) is 5.36. The lowest BCUT2D eigenvalue weighted by atomic mass is 9.69. The van der Waals surface area contributed by atoms with Gasteiger partial charge in [-0.1, -0.05) is 23.2 Å². The molecule has 0 radical (unpaired) electrons. The Bertz CT molecular complexity index is 381. The topological polar surface area (TPSA) is 0 Å². The van der Waals surface area contributed by atoms with Crippen molar-refractivity contribution in [3.05, 3.63) is 0 Å². The van der Waals surface area contributed by atoms with Crippen LogP contribution in [-0.2, 0) is 0 Å². The maximum atomic E-state index is 6.46. The van der Waals surface area contributed by atoms with Gasteiger partial charge < -0.3 is 0 Å². The van der Waals surface area contributed by atoms with E-state index in [0.29, 0.717) is 0 Å². The molecule has 0 nitrogen and oxygen atoms in total. The molecular weight excluding hydrogens is 439 g/mol. The highest BCUT2D eigenvalue weighted by Gasteiger charge is 2.85. The van der Waals surface area contributed by atoms with Crippen molar-refractivity contribution in [2.24, 2.45) is 16.7 Å². The normalized spacial score (nSPS) is 47.1. The van der Waals surface area contributed by atoms with E-state index in [0.717, 1.165) is 0 Å². The van der Waals surface area contributed by atoms with Crippen molar-refractivity contribution in [3.63, 3.8) is 0 Å². The summed E-state index contributed by atoms with van der Waals surface area (Å²) in [7, 11) is 0. The Balaban J connectivity index is 2.75. The second kappa shape index (κ2) is 5.32. The SMILES string of the molecule is ClCC1(C(Cl)Cl)C2CC(Cl)(Cl)C1(CCl)[C@H](Cl)C2(Cl)Cl. The van der Waals surface area contributed by atoms with Gasteiger partial charge in [0.25, 0.3) is 0 Å². The molecule has 9 heteroatoms. The summed E-state index contributed by atoms with van der Waals surface area (Å²) < 4.78 is -2.53. The highest BCUT2D eigenvalue weighted by atomic mass is 35.5. The number of alkyl halides is 9. The number of rotatable bonds is 3. The number of hydrogen-bond donors (Lipinski definition) is 0. The Hall–Kier alpha value is 2.61. The molecule has 0 amide bonds. The van der Waals surface area contributed by atoms with E-state index in [1.165, 1.54) is 0 Å². The summed E-state index contributed by atoms with van der Waals surface area (Å²) in [6.07, 6.45) is 0.279. The summed E-state index contributed by atoms with van der Waals surface area (Å²) in [5, 5.41) is -0.812. The molecule has 0 aromatic heterocycles. The molecule has 2 aliphatic rings. The van der Waals surface area contributed by atoms with Gasteiger partial charge in [-0.25, -0.2) is 0 Å². The summed E-state index contributed by atoms with van der Waals surface area (Å²) in [5.41, 5.74) is -2.02. The van der Waals surface area contributed by atoms with Crippen LogP contribution in [0.3, 0.4) is 0 Å². The van der Waals surface area contributed by atoms with Gasteiger partial charge in [0.2, 0.25) is 0 Å². The first kappa shape index (κ1) is 18.0. The second-order valence-electron chi connectivity index (χ2n) is 5.08. The lowest BCUT2D eigenvalue weighted by Gasteiger charge is -2.48. The van der Waals surface area contributed by atoms with Gasteiger partial charge in [0, 0.05) is 28.5 Å². The zero-order chi connectivity index (χ0) is 14.9. The fourth-order valence-corrected chi connectivity index (χ4v) is 8.68. The van der Waals surface area contributed by atoms with E-state index in [2.05, 4.69) is 0 Å². The van der Waals surface area contributed by atoms with E-state index in [9.17, 15) is 0 Å². The van der Waals surface area contributed by atoms with Crippen molar-refractivity contribution in [1.29, 1.82) is 0 Å². The zero-order valence-corrected chi connectivity index (χ0v) is 16.1. The summed E-state index contributed by atoms with van der Waals surface area (Å²) in [6.45, 7) is 0. The highest BCUT2D eigenvalue weighted by Crippen LogP contribution is 2.81. The number of halogens is 9. The largest absolute Gasteiger partial charge is 0.138 e. The quantitative estimate of drug-likeness (QED) is 0.449. The molecule has 2 rings (SSSR count). The third-order valence-corrected chi connectivity index (χ3v) is 9.15. The molecule has 112 valence electrons. The van der Waals surface area contributed by atoms with Gasteiger partial charge in [-0.05, 0) is 6.42 Å². The molecule has 2 fully saturated rings. The van der Waals surface area contributed by atoms with Gasteiger partial charge in [-0.3, -0.25) is 0 Å². The van der Waals surface area contributed by atoms with Crippen LogP contribution in [0, 0.1) is 16.7 Å². The standard InChI is InChI=1S/C10H9Cl9/c11-2-7(6(14)15)4-1-9(16,17)8(7,3-12)5(13)10(4,18)19/h4-6H,1-3H2/t4?,5-,7?,8?/m0/s1. The van der Waals surface area contributed by atoms with E-state index < -0.39 is 35.6 Å². The Morgan fingerprint density at radius 3 is 1.84 bits per heavy atom. The van der Waals surface area contributed by atoms with Crippen molar-refractivity contribution in [3.8, 4) is 0 Å². The Labute approximate surface area is 157 Å². The molecule has 4 atom stereocenters. The molecule has 0 aromatic carbocycles. The predicted molar refractivity (Wildman–Crippen MR) is 88.4 cm³/mol. The van der Waals surface area contributed by atoms with E-state index >= 15 is 0 Å². The van der Waals surface area contributed by atoms with Crippen LogP contribution in [0.2, 0.25) is 0 Å². The molecule has 2 bridgehead atoms. The van der Waals surface area contributed by atoms with Crippen molar-refractivity contribution in [1.82, 2.24) is 0 Å². The van der Waals surface area contributed by atoms with Crippen LogP contribution in [-0.4, -0.2) is 30.6 Å². The average Bonchev–Trinajstić information content (AvgIpc) is 2.60. The van der Waals surface area contributed by atoms with Crippen LogP contribution < -0.4 is 0 Å². The Kier molecular flexibility index (Phi) is 5.02. The zero-order valence-electron chi connectivity index (χ0n) is 9.26. The van der Waals surface area contributed by atoms with Gasteiger partial charge in [0.1, 0.15) is 13.5 Å². The van der Waals surface area contributed by atoms with E-state index in [-0.39, 0.29) is 18.2 Å². The van der Waals surface area contributed by atoms with E-state index in [1.54, 1.807) is 0 Å². The minimum atomic E-state index is -1.29. The molecule has 2 saturated carbocycles. The maximum absolute atomic E-state index is 6.46.